The monoisotopic (exact) mass is 309 g/mol. The number of carbonyl (C=O) groups excluding carboxylic acids is 1. The molecule has 1 aliphatic rings. The summed E-state index contributed by atoms with van der Waals surface area (Å²) < 4.78 is 0. The summed E-state index contributed by atoms with van der Waals surface area (Å²) >= 11 is 6.19. The van der Waals surface area contributed by atoms with Gasteiger partial charge in [-0.15, -0.1) is 0 Å². The van der Waals surface area contributed by atoms with Crippen molar-refractivity contribution < 1.29 is 4.79 Å². The van der Waals surface area contributed by atoms with Gasteiger partial charge in [-0.3, -0.25) is 9.69 Å². The van der Waals surface area contributed by atoms with Crippen LogP contribution in [0.4, 0.5) is 0 Å². The van der Waals surface area contributed by atoms with E-state index in [2.05, 4.69) is 11.0 Å². The van der Waals surface area contributed by atoms with E-state index in [0.29, 0.717) is 0 Å². The maximum absolute atomic E-state index is 12.2. The van der Waals surface area contributed by atoms with Crippen LogP contribution in [-0.2, 0) is 11.3 Å². The fraction of sp³-hybridized carbons (Fsp3) is 0.562. The van der Waals surface area contributed by atoms with E-state index in [1.165, 1.54) is 0 Å². The zero-order valence-electron chi connectivity index (χ0n) is 12.8. The topological polar surface area (TPSA) is 49.6 Å². The molecule has 0 aromatic heterocycles. The molecule has 0 saturated carbocycles. The molecule has 0 spiro atoms. The Morgan fingerprint density at radius 3 is 2.43 bits per heavy atom. The van der Waals surface area contributed by atoms with Crippen molar-refractivity contribution >= 4 is 17.5 Å². The smallest absolute Gasteiger partial charge is 0.239 e. The van der Waals surface area contributed by atoms with Crippen LogP contribution in [0.1, 0.15) is 19.4 Å². The number of carbonyl (C=O) groups is 1. The maximum atomic E-state index is 12.2. The summed E-state index contributed by atoms with van der Waals surface area (Å²) in [5.41, 5.74) is 7.08. The molecule has 2 rings (SSSR count). The minimum Gasteiger partial charge on any atom is -0.339 e. The number of halogens is 1. The Hall–Kier alpha value is -1.10. The van der Waals surface area contributed by atoms with Gasteiger partial charge < -0.3 is 10.6 Å². The average molecular weight is 310 g/mol. The standard InChI is InChI=1S/C16H24ClN3O/c1-12(2)15(18)16(21)20-9-7-19(8-10-20)11-13-5-3-4-6-14(13)17/h3-6,12,15H,7-11,18H2,1-2H3/t15-/m0/s1. The predicted molar refractivity (Wildman–Crippen MR) is 86.1 cm³/mol. The van der Waals surface area contributed by atoms with Crippen molar-refractivity contribution in [3.63, 3.8) is 0 Å². The fourth-order valence-electron chi connectivity index (χ4n) is 2.49. The minimum absolute atomic E-state index is 0.0717. The lowest BCUT2D eigenvalue weighted by molar-refractivity contribution is -0.135. The quantitative estimate of drug-likeness (QED) is 0.925. The van der Waals surface area contributed by atoms with Crippen LogP contribution in [0.2, 0.25) is 5.02 Å². The van der Waals surface area contributed by atoms with Crippen LogP contribution in [0.15, 0.2) is 24.3 Å². The number of rotatable bonds is 4. The summed E-state index contributed by atoms with van der Waals surface area (Å²) in [7, 11) is 0. The van der Waals surface area contributed by atoms with Gasteiger partial charge in [0.2, 0.25) is 5.91 Å². The Morgan fingerprint density at radius 2 is 1.86 bits per heavy atom. The summed E-state index contributed by atoms with van der Waals surface area (Å²) in [6.45, 7) is 8.00. The van der Waals surface area contributed by atoms with Crippen LogP contribution in [0, 0.1) is 5.92 Å². The molecule has 1 heterocycles. The van der Waals surface area contributed by atoms with Crippen LogP contribution in [0.5, 0.6) is 0 Å². The maximum Gasteiger partial charge on any atom is 0.239 e. The highest BCUT2D eigenvalue weighted by molar-refractivity contribution is 6.31. The van der Waals surface area contributed by atoms with Gasteiger partial charge in [0.05, 0.1) is 6.04 Å². The van der Waals surface area contributed by atoms with Crippen LogP contribution >= 0.6 is 11.6 Å². The first-order chi connectivity index (χ1) is 9.99. The van der Waals surface area contributed by atoms with Crippen molar-refractivity contribution in [2.24, 2.45) is 11.7 Å². The first kappa shape index (κ1) is 16.3. The number of hydrogen-bond acceptors (Lipinski definition) is 3. The number of amides is 1. The number of nitrogens with two attached hydrogens (primary N) is 1. The van der Waals surface area contributed by atoms with E-state index in [1.807, 2.05) is 36.9 Å². The first-order valence-electron chi connectivity index (χ1n) is 7.49. The second-order valence-electron chi connectivity index (χ2n) is 5.96. The van der Waals surface area contributed by atoms with Gasteiger partial charge in [-0.25, -0.2) is 0 Å². The van der Waals surface area contributed by atoms with E-state index in [1.54, 1.807) is 0 Å². The van der Waals surface area contributed by atoms with Crippen LogP contribution in [0.25, 0.3) is 0 Å². The first-order valence-corrected chi connectivity index (χ1v) is 7.87. The lowest BCUT2D eigenvalue weighted by atomic mass is 10.0. The third kappa shape index (κ3) is 4.19. The molecule has 1 saturated heterocycles. The van der Waals surface area contributed by atoms with Crippen molar-refractivity contribution in [1.29, 1.82) is 0 Å². The van der Waals surface area contributed by atoms with Crippen molar-refractivity contribution in [2.45, 2.75) is 26.4 Å². The predicted octanol–water partition coefficient (Wildman–Crippen LogP) is 1.97. The Morgan fingerprint density at radius 1 is 1.24 bits per heavy atom. The second-order valence-corrected chi connectivity index (χ2v) is 6.37. The second kappa shape index (κ2) is 7.25. The molecule has 2 N–H and O–H groups in total. The van der Waals surface area contributed by atoms with E-state index in [9.17, 15) is 4.79 Å². The summed E-state index contributed by atoms with van der Waals surface area (Å²) in [6, 6.07) is 7.52. The third-order valence-corrected chi connectivity index (χ3v) is 4.41. The average Bonchev–Trinajstić information content (AvgIpc) is 2.49. The highest BCUT2D eigenvalue weighted by Crippen LogP contribution is 2.18. The molecule has 1 aromatic carbocycles. The molecule has 0 unspecified atom stereocenters. The zero-order valence-corrected chi connectivity index (χ0v) is 13.5. The van der Waals surface area contributed by atoms with Crippen LogP contribution < -0.4 is 5.73 Å². The molecular formula is C16H24ClN3O. The molecule has 0 radical (unpaired) electrons. The van der Waals surface area contributed by atoms with Crippen LogP contribution in [0.3, 0.4) is 0 Å². The highest BCUT2D eigenvalue weighted by atomic mass is 35.5. The Bertz CT molecular complexity index is 484. The van der Waals surface area contributed by atoms with Gasteiger partial charge in [-0.1, -0.05) is 43.6 Å². The molecule has 116 valence electrons. The van der Waals surface area contributed by atoms with Crippen molar-refractivity contribution in [3.8, 4) is 0 Å². The third-order valence-electron chi connectivity index (χ3n) is 4.04. The Kier molecular flexibility index (Phi) is 5.62. The van der Waals surface area contributed by atoms with E-state index >= 15 is 0 Å². The minimum atomic E-state index is -0.389. The van der Waals surface area contributed by atoms with Gasteiger partial charge in [0.15, 0.2) is 0 Å². The summed E-state index contributed by atoms with van der Waals surface area (Å²) in [6.07, 6.45) is 0. The molecular weight excluding hydrogens is 286 g/mol. The van der Waals surface area contributed by atoms with E-state index in [0.717, 1.165) is 43.3 Å². The summed E-state index contributed by atoms with van der Waals surface area (Å²) in [5, 5.41) is 0.804. The van der Waals surface area contributed by atoms with Crippen LogP contribution in [-0.4, -0.2) is 47.9 Å². The fourth-order valence-corrected chi connectivity index (χ4v) is 2.69. The number of benzene rings is 1. The van der Waals surface area contributed by atoms with E-state index in [-0.39, 0.29) is 17.9 Å². The largest absolute Gasteiger partial charge is 0.339 e. The molecule has 1 aromatic rings. The lowest BCUT2D eigenvalue weighted by Gasteiger charge is -2.36. The summed E-state index contributed by atoms with van der Waals surface area (Å²) in [5.74, 6) is 0.251. The molecule has 1 atom stereocenters. The molecule has 0 aliphatic carbocycles. The number of piperazine rings is 1. The lowest BCUT2D eigenvalue weighted by Crippen LogP contribution is -2.54. The summed E-state index contributed by atoms with van der Waals surface area (Å²) in [4.78, 5) is 16.4. The van der Waals surface area contributed by atoms with E-state index < -0.39 is 0 Å². The number of hydrogen-bond donors (Lipinski definition) is 1. The van der Waals surface area contributed by atoms with Gasteiger partial charge in [-0.05, 0) is 17.5 Å². The molecule has 1 aliphatic heterocycles. The Balaban J connectivity index is 1.86. The number of nitrogens with zero attached hydrogens (tertiary/aromatic N) is 2. The molecule has 0 bridgehead atoms. The molecule has 21 heavy (non-hydrogen) atoms. The van der Waals surface area contributed by atoms with Gasteiger partial charge in [-0.2, -0.15) is 0 Å². The van der Waals surface area contributed by atoms with Gasteiger partial charge >= 0.3 is 0 Å². The Labute approximate surface area is 131 Å². The van der Waals surface area contributed by atoms with E-state index in [4.69, 9.17) is 17.3 Å². The molecule has 1 amide bonds. The molecule has 4 nitrogen and oxygen atoms in total. The molecule has 5 heteroatoms. The van der Waals surface area contributed by atoms with Gasteiger partial charge in [0, 0.05) is 37.7 Å². The van der Waals surface area contributed by atoms with Crippen molar-refractivity contribution in [2.75, 3.05) is 26.2 Å². The SMILES string of the molecule is CC(C)[C@H](N)C(=O)N1CCN(Cc2ccccc2Cl)CC1. The van der Waals surface area contributed by atoms with Crippen molar-refractivity contribution in [3.05, 3.63) is 34.9 Å². The van der Waals surface area contributed by atoms with Gasteiger partial charge in [0.1, 0.15) is 0 Å². The zero-order chi connectivity index (χ0) is 15.4. The highest BCUT2D eigenvalue weighted by Gasteiger charge is 2.26. The van der Waals surface area contributed by atoms with Crippen molar-refractivity contribution in [1.82, 2.24) is 9.80 Å². The normalized spacial score (nSPS) is 18.0. The van der Waals surface area contributed by atoms with Gasteiger partial charge in [0.25, 0.3) is 0 Å². The molecule has 1 fully saturated rings.